The molecule has 1 atom stereocenters. The van der Waals surface area contributed by atoms with E-state index in [1.54, 1.807) is 12.1 Å². The maximum atomic E-state index is 12.9. The SMILES string of the molecule is Cc1nn(-c2ccccc2)c(C)c1NC(=O)CCN1CCCCC1c1ccc(C(F)(F)F)cc1. The van der Waals surface area contributed by atoms with Crippen LogP contribution in [0.15, 0.2) is 54.6 Å². The minimum atomic E-state index is -4.34. The smallest absolute Gasteiger partial charge is 0.323 e. The largest absolute Gasteiger partial charge is 0.416 e. The number of aromatic nitrogens is 2. The van der Waals surface area contributed by atoms with Crippen LogP contribution in [0.1, 0.15) is 54.2 Å². The van der Waals surface area contributed by atoms with Crippen LogP contribution >= 0.6 is 0 Å². The van der Waals surface area contributed by atoms with E-state index in [9.17, 15) is 18.0 Å². The second-order valence-electron chi connectivity index (χ2n) is 8.76. The van der Waals surface area contributed by atoms with Crippen molar-refractivity contribution in [2.75, 3.05) is 18.4 Å². The highest BCUT2D eigenvalue weighted by Crippen LogP contribution is 2.34. The van der Waals surface area contributed by atoms with E-state index in [2.05, 4.69) is 15.3 Å². The van der Waals surface area contributed by atoms with E-state index in [0.29, 0.717) is 18.7 Å². The second kappa shape index (κ2) is 10.0. The molecule has 1 fully saturated rings. The van der Waals surface area contributed by atoms with Crippen LogP contribution in [0, 0.1) is 13.8 Å². The molecule has 1 unspecified atom stereocenters. The Labute approximate surface area is 197 Å². The summed E-state index contributed by atoms with van der Waals surface area (Å²) in [6.45, 7) is 5.16. The molecule has 0 bridgehead atoms. The first-order chi connectivity index (χ1) is 16.2. The highest BCUT2D eigenvalue weighted by Gasteiger charge is 2.31. The fourth-order valence-corrected chi connectivity index (χ4v) is 4.62. The number of aryl methyl sites for hydroxylation is 1. The molecule has 3 aromatic rings. The minimum absolute atomic E-state index is 0.0214. The Morgan fingerprint density at radius 1 is 1.06 bits per heavy atom. The Hall–Kier alpha value is -3.13. The highest BCUT2D eigenvalue weighted by atomic mass is 19.4. The molecule has 2 aromatic carbocycles. The van der Waals surface area contributed by atoms with Crippen molar-refractivity contribution in [3.63, 3.8) is 0 Å². The fourth-order valence-electron chi connectivity index (χ4n) is 4.62. The summed E-state index contributed by atoms with van der Waals surface area (Å²) >= 11 is 0. The minimum Gasteiger partial charge on any atom is -0.323 e. The monoisotopic (exact) mass is 470 g/mol. The summed E-state index contributed by atoms with van der Waals surface area (Å²) in [6.07, 6.45) is -1.14. The first kappa shape index (κ1) is 24.0. The van der Waals surface area contributed by atoms with E-state index in [4.69, 9.17) is 0 Å². The first-order valence-electron chi connectivity index (χ1n) is 11.6. The quantitative estimate of drug-likeness (QED) is 0.476. The molecule has 0 spiro atoms. The van der Waals surface area contributed by atoms with Crippen LogP contribution in [0.5, 0.6) is 0 Å². The molecule has 1 aliphatic heterocycles. The summed E-state index contributed by atoms with van der Waals surface area (Å²) in [5.41, 5.74) is 3.47. The van der Waals surface area contributed by atoms with Crippen molar-refractivity contribution < 1.29 is 18.0 Å². The number of nitrogens with zero attached hydrogens (tertiary/aromatic N) is 3. The van der Waals surface area contributed by atoms with E-state index in [1.165, 1.54) is 0 Å². The van der Waals surface area contributed by atoms with Gasteiger partial charge < -0.3 is 5.32 Å². The number of anilines is 1. The Morgan fingerprint density at radius 3 is 2.44 bits per heavy atom. The van der Waals surface area contributed by atoms with E-state index in [0.717, 1.165) is 60.6 Å². The number of carbonyl (C=O) groups is 1. The van der Waals surface area contributed by atoms with Gasteiger partial charge in [-0.15, -0.1) is 0 Å². The summed E-state index contributed by atoms with van der Waals surface area (Å²) in [7, 11) is 0. The molecule has 0 radical (unpaired) electrons. The predicted molar refractivity (Wildman–Crippen MR) is 126 cm³/mol. The Balaban J connectivity index is 1.41. The summed E-state index contributed by atoms with van der Waals surface area (Å²) < 4.78 is 40.6. The van der Waals surface area contributed by atoms with E-state index in [-0.39, 0.29) is 11.9 Å². The van der Waals surface area contributed by atoms with Gasteiger partial charge in [-0.3, -0.25) is 9.69 Å². The number of likely N-dealkylation sites (tertiary alicyclic amines) is 1. The molecule has 1 aliphatic rings. The van der Waals surface area contributed by atoms with Crippen LogP contribution in [0.2, 0.25) is 0 Å². The standard InChI is InChI=1S/C26H29F3N4O/c1-18-25(19(2)33(31-18)22-8-4-3-5-9-22)30-24(34)15-17-32-16-7-6-10-23(32)20-11-13-21(14-12-20)26(27,28)29/h3-5,8-9,11-14,23H,6-7,10,15-17H2,1-2H3,(H,30,34). The second-order valence-corrected chi connectivity index (χ2v) is 8.76. The van der Waals surface area contributed by atoms with Gasteiger partial charge in [0.15, 0.2) is 0 Å². The van der Waals surface area contributed by atoms with Gasteiger partial charge in [0.2, 0.25) is 5.91 Å². The van der Waals surface area contributed by atoms with Crippen molar-refractivity contribution >= 4 is 11.6 Å². The zero-order valence-electron chi connectivity index (χ0n) is 19.4. The lowest BCUT2D eigenvalue weighted by atomic mass is 9.94. The molecule has 180 valence electrons. The topological polar surface area (TPSA) is 50.2 Å². The lowest BCUT2D eigenvalue weighted by molar-refractivity contribution is -0.137. The van der Waals surface area contributed by atoms with Crippen LogP contribution in [0.4, 0.5) is 18.9 Å². The van der Waals surface area contributed by atoms with Crippen molar-refractivity contribution in [1.82, 2.24) is 14.7 Å². The number of alkyl halides is 3. The van der Waals surface area contributed by atoms with Gasteiger partial charge in [0, 0.05) is 19.0 Å². The molecule has 34 heavy (non-hydrogen) atoms. The predicted octanol–water partition coefficient (Wildman–Crippen LogP) is 6.06. The third-order valence-corrected chi connectivity index (χ3v) is 6.42. The molecule has 2 heterocycles. The van der Waals surface area contributed by atoms with Gasteiger partial charge in [-0.25, -0.2) is 4.68 Å². The van der Waals surface area contributed by atoms with Gasteiger partial charge in [-0.1, -0.05) is 36.8 Å². The maximum Gasteiger partial charge on any atom is 0.416 e. The van der Waals surface area contributed by atoms with E-state index >= 15 is 0 Å². The number of nitrogens with one attached hydrogen (secondary N) is 1. The number of carbonyl (C=O) groups excluding carboxylic acids is 1. The number of benzene rings is 2. The zero-order valence-corrected chi connectivity index (χ0v) is 19.4. The van der Waals surface area contributed by atoms with Gasteiger partial charge >= 0.3 is 6.18 Å². The molecular weight excluding hydrogens is 441 g/mol. The number of rotatable bonds is 6. The van der Waals surface area contributed by atoms with Gasteiger partial charge in [-0.2, -0.15) is 18.3 Å². The molecule has 4 rings (SSSR count). The van der Waals surface area contributed by atoms with Crippen LogP contribution in [0.3, 0.4) is 0 Å². The van der Waals surface area contributed by atoms with Crippen molar-refractivity contribution in [2.24, 2.45) is 0 Å². The Bertz CT molecular complexity index is 1120. The highest BCUT2D eigenvalue weighted by molar-refractivity contribution is 5.92. The van der Waals surface area contributed by atoms with Crippen molar-refractivity contribution in [2.45, 2.75) is 51.7 Å². The maximum absolute atomic E-state index is 12.9. The van der Waals surface area contributed by atoms with Gasteiger partial charge in [-0.05, 0) is 63.1 Å². The number of amides is 1. The number of piperidine rings is 1. The van der Waals surface area contributed by atoms with Gasteiger partial charge in [0.25, 0.3) is 0 Å². The number of para-hydroxylation sites is 1. The van der Waals surface area contributed by atoms with Crippen molar-refractivity contribution in [3.8, 4) is 5.69 Å². The van der Waals surface area contributed by atoms with Crippen LogP contribution in [-0.4, -0.2) is 33.7 Å². The van der Waals surface area contributed by atoms with Crippen LogP contribution in [-0.2, 0) is 11.0 Å². The lowest BCUT2D eigenvalue weighted by Crippen LogP contribution is -2.35. The van der Waals surface area contributed by atoms with Crippen LogP contribution < -0.4 is 5.32 Å². The number of hydrogen-bond acceptors (Lipinski definition) is 3. The molecule has 1 aromatic heterocycles. The van der Waals surface area contributed by atoms with Crippen molar-refractivity contribution in [3.05, 3.63) is 77.1 Å². The summed E-state index contributed by atoms with van der Waals surface area (Å²) in [5, 5.41) is 7.58. The molecule has 1 saturated heterocycles. The molecule has 1 N–H and O–H groups in total. The molecule has 0 aliphatic carbocycles. The molecule has 0 saturated carbocycles. The normalized spacial score (nSPS) is 17.0. The average Bonchev–Trinajstić information content (AvgIpc) is 3.11. The molecule has 1 amide bonds. The fraction of sp³-hybridized carbons (Fsp3) is 0.385. The van der Waals surface area contributed by atoms with E-state index in [1.807, 2.05) is 48.9 Å². The average molecular weight is 471 g/mol. The van der Waals surface area contributed by atoms with Crippen molar-refractivity contribution in [1.29, 1.82) is 0 Å². The lowest BCUT2D eigenvalue weighted by Gasteiger charge is -2.36. The molecular formula is C26H29F3N4O. The van der Waals surface area contributed by atoms with Gasteiger partial charge in [0.1, 0.15) is 0 Å². The van der Waals surface area contributed by atoms with Gasteiger partial charge in [0.05, 0.1) is 28.3 Å². The van der Waals surface area contributed by atoms with E-state index < -0.39 is 11.7 Å². The third-order valence-electron chi connectivity index (χ3n) is 6.42. The summed E-state index contributed by atoms with van der Waals surface area (Å²) in [4.78, 5) is 15.0. The first-order valence-corrected chi connectivity index (χ1v) is 11.6. The zero-order chi connectivity index (χ0) is 24.3. The molecule has 5 nitrogen and oxygen atoms in total. The molecule has 8 heteroatoms. The Kier molecular flexibility index (Phi) is 7.07. The summed E-state index contributed by atoms with van der Waals surface area (Å²) in [5.74, 6) is -0.101. The third kappa shape index (κ3) is 5.33. The van der Waals surface area contributed by atoms with Crippen LogP contribution in [0.25, 0.3) is 5.69 Å². The number of halogens is 3. The number of hydrogen-bond donors (Lipinski definition) is 1. The Morgan fingerprint density at radius 2 is 1.76 bits per heavy atom. The summed E-state index contributed by atoms with van der Waals surface area (Å²) in [6, 6.07) is 15.2.